The van der Waals surface area contributed by atoms with E-state index in [0.717, 1.165) is 42.8 Å². The highest BCUT2D eigenvalue weighted by molar-refractivity contribution is 7.90. The van der Waals surface area contributed by atoms with Crippen LogP contribution in [0, 0.1) is 17.8 Å². The molecule has 1 fully saturated rings. The van der Waals surface area contributed by atoms with E-state index in [1.165, 1.54) is 11.1 Å². The summed E-state index contributed by atoms with van der Waals surface area (Å²) in [6, 6.07) is 11.4. The summed E-state index contributed by atoms with van der Waals surface area (Å²) in [6.45, 7) is 7.07. The Morgan fingerprint density at radius 1 is 1.18 bits per heavy atom. The molecule has 0 aromatic heterocycles. The van der Waals surface area contributed by atoms with Crippen molar-refractivity contribution in [3.05, 3.63) is 70.3 Å². The number of fused-ring (bicyclic) bond motifs is 4. The molecule has 8 nitrogen and oxygen atoms in total. The number of carbonyl (C=O) groups is 1. The Balaban J connectivity index is 1.47. The normalized spacial score (nSPS) is 34.3. The molecule has 45 heavy (non-hydrogen) atoms. The second-order valence-corrected chi connectivity index (χ2v) is 16.2. The van der Waals surface area contributed by atoms with Crippen molar-refractivity contribution >= 4 is 33.2 Å². The summed E-state index contributed by atoms with van der Waals surface area (Å²) in [5.74, 6) is 0.00337. The summed E-state index contributed by atoms with van der Waals surface area (Å²) >= 11 is 6.42. The van der Waals surface area contributed by atoms with Crippen molar-refractivity contribution in [2.24, 2.45) is 17.8 Å². The molecule has 1 saturated carbocycles. The van der Waals surface area contributed by atoms with Crippen molar-refractivity contribution < 1.29 is 27.8 Å². The third-order valence-electron chi connectivity index (χ3n) is 11.2. The molecule has 1 amide bonds. The molecule has 2 aromatic rings. The van der Waals surface area contributed by atoms with Crippen LogP contribution in [0.2, 0.25) is 5.02 Å². The predicted octanol–water partition coefficient (Wildman–Crippen LogP) is 5.65. The standard InChI is InChI=1S/C35H45ClN2O6S/c1-22-7-5-16-35(43-4,24(3)39)30-12-9-27(30)19-38-20-34(15-6-8-25-17-28(36)11-13-29(25)34)21-44-32-14-10-26(18-31(32)38)33(40)37-45(41,42)23(22)2/h5,10-11,13-14,16-18,22-24,27,30,39H,6-9,12,15,19-21H2,1-4H3,(H,37,40)/b16-5+/t22-,23+,24-,27-,30+,34-,35+/m0/s1. The molecule has 2 aliphatic carbocycles. The number of ether oxygens (including phenoxy) is 2. The monoisotopic (exact) mass is 656 g/mol. The van der Waals surface area contributed by atoms with Crippen LogP contribution >= 0.6 is 11.6 Å². The van der Waals surface area contributed by atoms with Crippen LogP contribution in [-0.2, 0) is 26.6 Å². The largest absolute Gasteiger partial charge is 0.490 e. The van der Waals surface area contributed by atoms with Gasteiger partial charge in [-0.05, 0) is 112 Å². The Kier molecular flexibility index (Phi) is 8.78. The Hall–Kier alpha value is -2.59. The minimum absolute atomic E-state index is 0.0515. The van der Waals surface area contributed by atoms with E-state index in [0.29, 0.717) is 31.9 Å². The van der Waals surface area contributed by atoms with Gasteiger partial charge in [0, 0.05) is 36.2 Å². The zero-order valence-corrected chi connectivity index (χ0v) is 28.2. The van der Waals surface area contributed by atoms with E-state index >= 15 is 0 Å². The number of methoxy groups -OCH3 is 1. The van der Waals surface area contributed by atoms with Gasteiger partial charge in [-0.2, -0.15) is 0 Å². The Labute approximate surface area is 272 Å². The van der Waals surface area contributed by atoms with E-state index in [2.05, 4.69) is 21.8 Å². The second kappa shape index (κ2) is 12.2. The van der Waals surface area contributed by atoms with E-state index in [4.69, 9.17) is 21.1 Å². The lowest BCUT2D eigenvalue weighted by molar-refractivity contribution is -0.136. The van der Waals surface area contributed by atoms with Crippen LogP contribution in [0.1, 0.15) is 74.4 Å². The van der Waals surface area contributed by atoms with Crippen LogP contribution < -0.4 is 14.4 Å². The Morgan fingerprint density at radius 2 is 1.98 bits per heavy atom. The number of aryl methyl sites for hydroxylation is 1. The average Bonchev–Trinajstić information content (AvgIpc) is 3.14. The van der Waals surface area contributed by atoms with Crippen molar-refractivity contribution in [2.75, 3.05) is 31.7 Å². The topological polar surface area (TPSA) is 105 Å². The molecule has 7 atom stereocenters. The molecule has 2 heterocycles. The van der Waals surface area contributed by atoms with Crippen molar-refractivity contribution in [3.63, 3.8) is 0 Å². The van der Waals surface area contributed by atoms with Gasteiger partial charge >= 0.3 is 0 Å². The molecular weight excluding hydrogens is 612 g/mol. The molecule has 2 N–H and O–H groups in total. The maximum Gasteiger partial charge on any atom is 0.264 e. The summed E-state index contributed by atoms with van der Waals surface area (Å²) in [6.07, 6.45) is 8.38. The van der Waals surface area contributed by atoms with Crippen LogP contribution in [0.25, 0.3) is 0 Å². The van der Waals surface area contributed by atoms with Gasteiger partial charge in [0.25, 0.3) is 5.91 Å². The van der Waals surface area contributed by atoms with E-state index in [1.807, 2.05) is 25.1 Å². The molecule has 244 valence electrons. The smallest absolute Gasteiger partial charge is 0.264 e. The molecule has 4 aliphatic rings. The number of anilines is 1. The minimum Gasteiger partial charge on any atom is -0.490 e. The van der Waals surface area contributed by atoms with E-state index < -0.39 is 32.9 Å². The SMILES string of the molecule is CO[C@@]1([C@H](C)O)/C=C/C[C@H](C)[C@@H](C)S(=O)(=O)NC(=O)c2ccc3c(c2)N(C[C@@H]2CC[C@H]21)C[C@@]1(CCCc2cc(Cl)ccc21)CO3. The lowest BCUT2D eigenvalue weighted by atomic mass is 9.62. The number of carbonyl (C=O) groups excluding carboxylic acids is 1. The summed E-state index contributed by atoms with van der Waals surface area (Å²) in [5.41, 5.74) is 2.32. The molecule has 6 rings (SSSR count). The molecule has 0 saturated heterocycles. The average molecular weight is 657 g/mol. The number of nitrogens with one attached hydrogen (secondary N) is 1. The van der Waals surface area contributed by atoms with Gasteiger partial charge in [-0.15, -0.1) is 0 Å². The highest BCUT2D eigenvalue weighted by Gasteiger charge is 2.51. The highest BCUT2D eigenvalue weighted by atomic mass is 35.5. The number of hydrogen-bond donors (Lipinski definition) is 2. The first kappa shape index (κ1) is 32.4. The fourth-order valence-corrected chi connectivity index (χ4v) is 9.61. The van der Waals surface area contributed by atoms with Crippen molar-refractivity contribution in [1.82, 2.24) is 4.72 Å². The maximum absolute atomic E-state index is 13.4. The number of amides is 1. The number of aliphatic hydroxyl groups is 1. The summed E-state index contributed by atoms with van der Waals surface area (Å²) in [4.78, 5) is 15.8. The molecule has 0 radical (unpaired) electrons. The fourth-order valence-electron chi connectivity index (χ4n) is 8.13. The highest BCUT2D eigenvalue weighted by Crippen LogP contribution is 2.49. The van der Waals surface area contributed by atoms with E-state index in [-0.39, 0.29) is 28.7 Å². The molecule has 0 unspecified atom stereocenters. The first-order valence-electron chi connectivity index (χ1n) is 16.2. The summed E-state index contributed by atoms with van der Waals surface area (Å²) in [7, 11) is -2.32. The van der Waals surface area contributed by atoms with Gasteiger partial charge in [-0.1, -0.05) is 36.7 Å². The van der Waals surface area contributed by atoms with Gasteiger partial charge in [0.15, 0.2) is 0 Å². The number of allylic oxidation sites excluding steroid dienone is 1. The number of rotatable bonds is 2. The summed E-state index contributed by atoms with van der Waals surface area (Å²) < 4.78 is 41.8. The number of nitrogens with zero attached hydrogens (tertiary/aromatic N) is 1. The molecular formula is C35H45ClN2O6S. The van der Waals surface area contributed by atoms with Crippen LogP contribution in [0.5, 0.6) is 5.75 Å². The van der Waals surface area contributed by atoms with Crippen molar-refractivity contribution in [3.8, 4) is 5.75 Å². The minimum atomic E-state index is -3.97. The first-order valence-corrected chi connectivity index (χ1v) is 18.1. The first-order chi connectivity index (χ1) is 21.4. The lowest BCUT2D eigenvalue weighted by Gasteiger charge is -2.51. The van der Waals surface area contributed by atoms with E-state index in [1.54, 1.807) is 39.2 Å². The number of sulfonamides is 1. The van der Waals surface area contributed by atoms with Crippen molar-refractivity contribution in [1.29, 1.82) is 0 Å². The molecule has 2 aliphatic heterocycles. The van der Waals surface area contributed by atoms with Crippen LogP contribution in [0.4, 0.5) is 5.69 Å². The third-order valence-corrected chi connectivity index (χ3v) is 13.3. The van der Waals surface area contributed by atoms with Gasteiger partial charge in [-0.3, -0.25) is 4.79 Å². The van der Waals surface area contributed by atoms with Crippen LogP contribution in [-0.4, -0.2) is 63.2 Å². The Morgan fingerprint density at radius 3 is 2.69 bits per heavy atom. The summed E-state index contributed by atoms with van der Waals surface area (Å²) in [5, 5.41) is 11.1. The quantitative estimate of drug-likeness (QED) is 0.403. The molecule has 10 heteroatoms. The zero-order valence-electron chi connectivity index (χ0n) is 26.6. The van der Waals surface area contributed by atoms with Gasteiger partial charge in [0.1, 0.15) is 11.4 Å². The maximum atomic E-state index is 13.4. The predicted molar refractivity (Wildman–Crippen MR) is 177 cm³/mol. The number of hydrogen-bond acceptors (Lipinski definition) is 7. The van der Waals surface area contributed by atoms with Gasteiger partial charge in [-0.25, -0.2) is 13.1 Å². The van der Waals surface area contributed by atoms with Gasteiger partial charge in [0.05, 0.1) is 23.6 Å². The van der Waals surface area contributed by atoms with Gasteiger partial charge in [0.2, 0.25) is 10.0 Å². The number of benzene rings is 2. The van der Waals surface area contributed by atoms with Gasteiger partial charge < -0.3 is 19.5 Å². The van der Waals surface area contributed by atoms with Crippen LogP contribution in [0.3, 0.4) is 0 Å². The van der Waals surface area contributed by atoms with E-state index in [9.17, 15) is 18.3 Å². The zero-order chi connectivity index (χ0) is 32.1. The number of halogens is 1. The third kappa shape index (κ3) is 5.79. The molecule has 1 spiro atoms. The number of aliphatic hydroxyl groups excluding tert-OH is 1. The second-order valence-electron chi connectivity index (χ2n) is 13.8. The fraction of sp³-hybridized carbons (Fsp3) is 0.571. The molecule has 2 aromatic carbocycles. The lowest BCUT2D eigenvalue weighted by Crippen LogP contribution is -2.57. The van der Waals surface area contributed by atoms with Crippen LogP contribution in [0.15, 0.2) is 48.6 Å². The Bertz CT molecular complexity index is 1590. The van der Waals surface area contributed by atoms with Crippen molar-refractivity contribution in [2.45, 2.75) is 81.7 Å². The molecule has 2 bridgehead atoms.